The van der Waals surface area contributed by atoms with Gasteiger partial charge in [0.25, 0.3) is 15.9 Å². The number of nitrogens with one attached hydrogen (secondary N) is 1. The molecule has 1 aromatic carbocycles. The summed E-state index contributed by atoms with van der Waals surface area (Å²) in [4.78, 5) is 15.3. The number of carbonyl (C=O) groups excluding carboxylic acids is 1. The molecular weight excluding hydrogens is 352 g/mol. The highest BCUT2D eigenvalue weighted by Gasteiger charge is 2.37. The van der Waals surface area contributed by atoms with Gasteiger partial charge < -0.3 is 10.2 Å². The molecule has 2 aliphatic heterocycles. The minimum absolute atomic E-state index is 0.108. The molecule has 2 saturated heterocycles. The third-order valence-electron chi connectivity index (χ3n) is 5.76. The van der Waals surface area contributed by atoms with E-state index >= 15 is 0 Å². The first-order chi connectivity index (χ1) is 12.3. The predicted molar refractivity (Wildman–Crippen MR) is 99.7 cm³/mol. The lowest BCUT2D eigenvalue weighted by molar-refractivity contribution is 0.0462. The molecule has 8 heteroatoms. The molecule has 7 nitrogen and oxygen atoms in total. The van der Waals surface area contributed by atoms with Gasteiger partial charge in [-0.05, 0) is 38.8 Å². The molecule has 140 valence electrons. The summed E-state index contributed by atoms with van der Waals surface area (Å²) in [5, 5.41) is 7.78. The summed E-state index contributed by atoms with van der Waals surface area (Å²) in [5.74, 6) is -0.295. The quantitative estimate of drug-likeness (QED) is 0.879. The van der Waals surface area contributed by atoms with Crippen molar-refractivity contribution in [1.29, 1.82) is 0 Å². The summed E-state index contributed by atoms with van der Waals surface area (Å²) < 4.78 is 25.0. The van der Waals surface area contributed by atoms with E-state index in [0.717, 1.165) is 23.2 Å². The number of benzene rings is 1. The number of aromatic nitrogens is 2. The van der Waals surface area contributed by atoms with E-state index in [-0.39, 0.29) is 17.6 Å². The first-order valence-corrected chi connectivity index (χ1v) is 10.9. The third-order valence-corrected chi connectivity index (χ3v) is 6.67. The van der Waals surface area contributed by atoms with Crippen molar-refractivity contribution < 1.29 is 13.2 Å². The normalized spacial score (nSPS) is 26.8. The van der Waals surface area contributed by atoms with Gasteiger partial charge in [-0.3, -0.25) is 4.79 Å². The number of hydrogen-bond acceptors (Lipinski definition) is 5. The van der Waals surface area contributed by atoms with E-state index in [2.05, 4.69) is 22.4 Å². The van der Waals surface area contributed by atoms with Crippen molar-refractivity contribution in [3.63, 3.8) is 0 Å². The zero-order valence-corrected chi connectivity index (χ0v) is 15.9. The molecule has 2 bridgehead atoms. The van der Waals surface area contributed by atoms with Crippen LogP contribution in [0.4, 0.5) is 0 Å². The average molecular weight is 376 g/mol. The second kappa shape index (κ2) is 6.35. The minimum atomic E-state index is -3.58. The van der Waals surface area contributed by atoms with Gasteiger partial charge in [-0.2, -0.15) is 9.19 Å². The standard InChI is InChI=1S/C18H24N4O3S/c1-21-13-6-5-7-14(21)11-12(10-13)19-18(23)17-15-8-3-4-9-16(15)22(20-17)26(2,24)25/h3-4,8-9,12-14H,5-7,10-11H2,1-2H3,(H,19,23)/t12?,13-,14+. The van der Waals surface area contributed by atoms with Crippen molar-refractivity contribution in [3.8, 4) is 0 Å². The number of piperidine rings is 2. The van der Waals surface area contributed by atoms with Crippen molar-refractivity contribution in [2.75, 3.05) is 13.3 Å². The van der Waals surface area contributed by atoms with Crippen LogP contribution >= 0.6 is 0 Å². The summed E-state index contributed by atoms with van der Waals surface area (Å²) in [7, 11) is -1.40. The lowest BCUT2D eigenvalue weighted by atomic mass is 9.82. The van der Waals surface area contributed by atoms with E-state index < -0.39 is 10.0 Å². The molecule has 0 spiro atoms. The Morgan fingerprint density at radius 3 is 2.50 bits per heavy atom. The maximum absolute atomic E-state index is 12.9. The first kappa shape index (κ1) is 17.5. The molecule has 1 unspecified atom stereocenters. The Hall–Kier alpha value is -1.93. The SMILES string of the molecule is CN1[C@@H]2CCC[C@H]1CC(NC(=O)c1nn(S(C)(=O)=O)c3ccccc13)C2. The van der Waals surface area contributed by atoms with E-state index in [9.17, 15) is 13.2 Å². The second-order valence-electron chi connectivity index (χ2n) is 7.52. The van der Waals surface area contributed by atoms with Crippen LogP contribution in [0.5, 0.6) is 0 Å². The number of nitrogens with zero attached hydrogens (tertiary/aromatic N) is 3. The molecule has 1 aromatic heterocycles. The van der Waals surface area contributed by atoms with Crippen molar-refractivity contribution in [1.82, 2.24) is 19.4 Å². The van der Waals surface area contributed by atoms with E-state index in [4.69, 9.17) is 0 Å². The van der Waals surface area contributed by atoms with Crippen molar-refractivity contribution in [3.05, 3.63) is 30.0 Å². The Labute approximate surface area is 153 Å². The van der Waals surface area contributed by atoms with Crippen LogP contribution in [0, 0.1) is 0 Å². The third kappa shape index (κ3) is 3.01. The minimum Gasteiger partial charge on any atom is -0.348 e. The second-order valence-corrected chi connectivity index (χ2v) is 9.33. The fraction of sp³-hybridized carbons (Fsp3) is 0.556. The zero-order chi connectivity index (χ0) is 18.5. The molecule has 2 fully saturated rings. The highest BCUT2D eigenvalue weighted by molar-refractivity contribution is 7.89. The van der Waals surface area contributed by atoms with Crippen molar-refractivity contribution in [2.24, 2.45) is 0 Å². The Kier molecular flexibility index (Phi) is 4.27. The fourth-order valence-electron chi connectivity index (χ4n) is 4.45. The topological polar surface area (TPSA) is 84.3 Å². The number of para-hydroxylation sites is 1. The Morgan fingerprint density at radius 1 is 1.19 bits per heavy atom. The number of carbonyl (C=O) groups is 1. The molecule has 0 radical (unpaired) electrons. The lowest BCUT2D eigenvalue weighted by Gasteiger charge is -2.47. The molecule has 26 heavy (non-hydrogen) atoms. The Morgan fingerprint density at radius 2 is 1.85 bits per heavy atom. The smallest absolute Gasteiger partial charge is 0.272 e. The largest absolute Gasteiger partial charge is 0.348 e. The summed E-state index contributed by atoms with van der Waals surface area (Å²) in [6.07, 6.45) is 6.55. The highest BCUT2D eigenvalue weighted by Crippen LogP contribution is 2.32. The van der Waals surface area contributed by atoms with Crippen LogP contribution in [-0.4, -0.2) is 59.8 Å². The van der Waals surface area contributed by atoms with Crippen LogP contribution < -0.4 is 5.32 Å². The fourth-order valence-corrected chi connectivity index (χ4v) is 5.19. The maximum Gasteiger partial charge on any atom is 0.272 e. The van der Waals surface area contributed by atoms with Crippen LogP contribution in [0.15, 0.2) is 24.3 Å². The first-order valence-electron chi connectivity index (χ1n) is 9.05. The van der Waals surface area contributed by atoms with E-state index in [1.165, 1.54) is 19.3 Å². The summed E-state index contributed by atoms with van der Waals surface area (Å²) in [6.45, 7) is 0. The molecule has 2 aliphatic rings. The molecule has 1 amide bonds. The van der Waals surface area contributed by atoms with Crippen LogP contribution in [-0.2, 0) is 10.0 Å². The summed E-state index contributed by atoms with van der Waals surface area (Å²) in [6, 6.07) is 8.06. The van der Waals surface area contributed by atoms with Gasteiger partial charge >= 0.3 is 0 Å². The highest BCUT2D eigenvalue weighted by atomic mass is 32.2. The molecule has 3 atom stereocenters. The van der Waals surface area contributed by atoms with Gasteiger partial charge in [0.15, 0.2) is 5.69 Å². The van der Waals surface area contributed by atoms with Crippen LogP contribution in [0.2, 0.25) is 0 Å². The van der Waals surface area contributed by atoms with Crippen molar-refractivity contribution in [2.45, 2.75) is 50.2 Å². The molecule has 0 aliphatic carbocycles. The summed E-state index contributed by atoms with van der Waals surface area (Å²) >= 11 is 0. The monoisotopic (exact) mass is 376 g/mol. The predicted octanol–water partition coefficient (Wildman–Crippen LogP) is 1.59. The number of fused-ring (bicyclic) bond motifs is 3. The van der Waals surface area contributed by atoms with Crippen LogP contribution in [0.1, 0.15) is 42.6 Å². The van der Waals surface area contributed by atoms with Gasteiger partial charge in [0.1, 0.15) is 0 Å². The molecule has 3 heterocycles. The van der Waals surface area contributed by atoms with E-state index in [1.807, 2.05) is 0 Å². The van der Waals surface area contributed by atoms with Gasteiger partial charge in [0.05, 0.1) is 11.8 Å². The Bertz CT molecular complexity index is 938. The lowest BCUT2D eigenvalue weighted by Crippen LogP contribution is -2.55. The van der Waals surface area contributed by atoms with E-state index in [0.29, 0.717) is 23.0 Å². The van der Waals surface area contributed by atoms with Crippen LogP contribution in [0.3, 0.4) is 0 Å². The zero-order valence-electron chi connectivity index (χ0n) is 15.1. The van der Waals surface area contributed by atoms with Gasteiger partial charge in [0.2, 0.25) is 0 Å². The maximum atomic E-state index is 12.9. The van der Waals surface area contributed by atoms with Crippen molar-refractivity contribution >= 4 is 26.8 Å². The summed E-state index contributed by atoms with van der Waals surface area (Å²) in [5.41, 5.74) is 0.607. The number of hydrogen-bond donors (Lipinski definition) is 1. The van der Waals surface area contributed by atoms with E-state index in [1.54, 1.807) is 24.3 Å². The number of amides is 1. The van der Waals surface area contributed by atoms with Gasteiger partial charge in [-0.1, -0.05) is 24.6 Å². The average Bonchev–Trinajstić information content (AvgIpc) is 2.96. The van der Waals surface area contributed by atoms with Crippen LogP contribution in [0.25, 0.3) is 10.9 Å². The van der Waals surface area contributed by atoms with Gasteiger partial charge in [0, 0.05) is 23.5 Å². The molecule has 2 aromatic rings. The van der Waals surface area contributed by atoms with Gasteiger partial charge in [-0.15, -0.1) is 0 Å². The molecule has 1 N–H and O–H groups in total. The molecular formula is C18H24N4O3S. The Balaban J connectivity index is 1.61. The number of rotatable bonds is 3. The van der Waals surface area contributed by atoms with Gasteiger partial charge in [-0.25, -0.2) is 8.42 Å². The molecule has 0 saturated carbocycles. The molecule has 4 rings (SSSR count).